The first-order valence-corrected chi connectivity index (χ1v) is 18.8. The van der Waals surface area contributed by atoms with Gasteiger partial charge >= 0.3 is 41.8 Å². The number of aliphatic hydroxyl groups is 2. The Hall–Kier alpha value is -9.15. The number of cyclic esters (lactones) is 1. The Morgan fingerprint density at radius 3 is 1.68 bits per heavy atom. The molecule has 8 rings (SSSR count). The van der Waals surface area contributed by atoms with Crippen LogP contribution in [0.5, 0.6) is 69.0 Å². The van der Waals surface area contributed by atoms with E-state index in [0.717, 1.165) is 0 Å². The number of carbonyl (C=O) groups is 7. The molecule has 28 nitrogen and oxygen atoms in total. The number of hydrogen-bond donors (Lipinski definition) is 14. The Kier molecular flexibility index (Phi) is 10.5. The average Bonchev–Trinajstić information content (AvgIpc) is 3.28. The topological polar surface area (TPSA) is 467 Å². The highest BCUT2D eigenvalue weighted by molar-refractivity contribution is 6.09. The van der Waals surface area contributed by atoms with Gasteiger partial charge in [0.15, 0.2) is 70.1 Å². The molecule has 8 atom stereocenters. The van der Waals surface area contributed by atoms with Crippen molar-refractivity contribution < 1.29 is 138 Å². The number of carboxylic acid groups (broad SMARTS) is 1. The van der Waals surface area contributed by atoms with Gasteiger partial charge in [-0.05, 0) is 30.3 Å². The summed E-state index contributed by atoms with van der Waals surface area (Å²) in [6.45, 7) is -1.43. The molecule has 14 N–H and O–H groups in total. The molecule has 0 spiro atoms. The zero-order valence-electron chi connectivity index (χ0n) is 33.1. The third kappa shape index (κ3) is 6.77. The van der Waals surface area contributed by atoms with Crippen molar-refractivity contribution in [3.63, 3.8) is 0 Å². The molecule has 4 aliphatic rings. The molecule has 4 aliphatic heterocycles. The van der Waals surface area contributed by atoms with Crippen LogP contribution in [-0.4, -0.2) is 162 Å². The fourth-order valence-electron chi connectivity index (χ4n) is 7.81. The normalized spacial score (nSPS) is 25.4. The molecule has 68 heavy (non-hydrogen) atoms. The number of carboxylic acids is 1. The first-order chi connectivity index (χ1) is 31.9. The largest absolute Gasteiger partial charge is 0.504 e. The van der Waals surface area contributed by atoms with Gasteiger partial charge in [-0.15, -0.1) is 0 Å². The van der Waals surface area contributed by atoms with E-state index in [9.17, 15) is 105 Å². The zero-order valence-corrected chi connectivity index (χ0v) is 33.1. The van der Waals surface area contributed by atoms with Crippen molar-refractivity contribution in [1.82, 2.24) is 0 Å². The maximum Gasteiger partial charge on any atom is 0.351 e. The maximum absolute atomic E-state index is 14.6. The molecule has 28 heteroatoms. The lowest BCUT2D eigenvalue weighted by Crippen LogP contribution is -2.65. The minimum Gasteiger partial charge on any atom is -0.504 e. The summed E-state index contributed by atoms with van der Waals surface area (Å²) in [4.78, 5) is 97.2. The van der Waals surface area contributed by atoms with Gasteiger partial charge in [0.2, 0.25) is 29.6 Å². The van der Waals surface area contributed by atoms with Gasteiger partial charge < -0.3 is 105 Å². The van der Waals surface area contributed by atoms with Gasteiger partial charge in [0.1, 0.15) is 12.7 Å². The second kappa shape index (κ2) is 15.8. The van der Waals surface area contributed by atoms with E-state index in [-0.39, 0.29) is 6.07 Å². The van der Waals surface area contributed by atoms with Crippen molar-refractivity contribution in [2.24, 2.45) is 0 Å². The summed E-state index contributed by atoms with van der Waals surface area (Å²) in [7, 11) is 0. The van der Waals surface area contributed by atoms with Crippen LogP contribution in [0.25, 0.3) is 11.1 Å². The number of fused-ring (bicyclic) bond motifs is 3. The number of phenols is 11. The van der Waals surface area contributed by atoms with Crippen LogP contribution in [0.15, 0.2) is 30.3 Å². The predicted molar refractivity (Wildman–Crippen MR) is 203 cm³/mol. The summed E-state index contributed by atoms with van der Waals surface area (Å²) >= 11 is 0. The number of phenolic OH excluding ortho intramolecular Hbond substituents is 11. The molecule has 0 saturated carbocycles. The fourth-order valence-corrected chi connectivity index (χ4v) is 7.81. The van der Waals surface area contributed by atoms with Gasteiger partial charge in [-0.1, -0.05) is 0 Å². The van der Waals surface area contributed by atoms with Crippen molar-refractivity contribution >= 4 is 41.8 Å². The number of rotatable bonds is 3. The number of esters is 6. The van der Waals surface area contributed by atoms with E-state index in [0.29, 0.717) is 24.3 Å². The van der Waals surface area contributed by atoms with Crippen LogP contribution in [0.2, 0.25) is 0 Å². The summed E-state index contributed by atoms with van der Waals surface area (Å²) < 4.78 is 38.0. The summed E-state index contributed by atoms with van der Waals surface area (Å²) in [5, 5.41) is 149. The lowest BCUT2D eigenvalue weighted by molar-refractivity contribution is -0.289. The van der Waals surface area contributed by atoms with Crippen molar-refractivity contribution in [3.05, 3.63) is 58.1 Å². The van der Waals surface area contributed by atoms with Crippen molar-refractivity contribution in [3.8, 4) is 80.1 Å². The van der Waals surface area contributed by atoms with Crippen molar-refractivity contribution in [2.45, 2.75) is 48.3 Å². The lowest BCUT2D eigenvalue weighted by Gasteiger charge is -2.44. The number of aliphatic carboxylic acids is 1. The molecule has 1 saturated heterocycles. The Bertz CT molecular complexity index is 2930. The third-order valence-corrected chi connectivity index (χ3v) is 11.1. The second-order valence-electron chi connectivity index (χ2n) is 15.0. The van der Waals surface area contributed by atoms with Gasteiger partial charge in [0, 0.05) is 16.7 Å². The highest BCUT2D eigenvalue weighted by atomic mass is 16.7. The third-order valence-electron chi connectivity index (χ3n) is 11.1. The molecular weight excluding hydrogens is 928 g/mol. The summed E-state index contributed by atoms with van der Waals surface area (Å²) in [5.41, 5.74) is -12.3. The van der Waals surface area contributed by atoms with Gasteiger partial charge in [0.05, 0.1) is 28.2 Å². The Labute approximate surface area is 372 Å². The monoisotopic (exact) mass is 956 g/mol. The minimum absolute atomic E-state index is 0.283. The molecule has 4 aromatic carbocycles. The Morgan fingerprint density at radius 2 is 1.10 bits per heavy atom. The van der Waals surface area contributed by atoms with Crippen LogP contribution >= 0.6 is 0 Å². The number of aromatic hydroxyl groups is 11. The van der Waals surface area contributed by atoms with Gasteiger partial charge in [-0.25, -0.2) is 33.6 Å². The Balaban J connectivity index is 1.40. The van der Waals surface area contributed by atoms with Crippen LogP contribution in [0.1, 0.15) is 52.9 Å². The number of benzene rings is 4. The molecule has 4 bridgehead atoms. The van der Waals surface area contributed by atoms with Crippen LogP contribution < -0.4 is 4.74 Å². The zero-order chi connectivity index (χ0) is 49.7. The van der Waals surface area contributed by atoms with E-state index >= 15 is 0 Å². The first kappa shape index (κ1) is 45.4. The first-order valence-electron chi connectivity index (χ1n) is 18.8. The van der Waals surface area contributed by atoms with Crippen LogP contribution in [0.3, 0.4) is 0 Å². The highest BCUT2D eigenvalue weighted by Gasteiger charge is 2.65. The predicted octanol–water partition coefficient (Wildman–Crippen LogP) is -1.28. The number of ether oxygens (including phenoxy) is 7. The smallest absolute Gasteiger partial charge is 0.351 e. The fraction of sp³-hybridized carbons (Fsp3) is 0.225. The molecule has 0 amide bonds. The second-order valence-corrected chi connectivity index (χ2v) is 15.0. The molecule has 0 aliphatic carbocycles. The summed E-state index contributed by atoms with van der Waals surface area (Å²) in [6.07, 6.45) is -16.1. The molecule has 356 valence electrons. The van der Waals surface area contributed by atoms with E-state index in [4.69, 9.17) is 33.2 Å². The summed E-state index contributed by atoms with van der Waals surface area (Å²) in [6, 6.07) is 2.03. The molecule has 0 aromatic heterocycles. The van der Waals surface area contributed by atoms with Gasteiger partial charge in [0.25, 0.3) is 5.60 Å². The SMILES string of the molecule is O=C(O[C@@H]1O[C@@H]2COC(=O)c3cc(O)c(O)c(O)c3-c3c(cc(O)c(O)c3O)C(=O)O[C@@H]3[C@H]1OC(=O)c1cc(O)c(O)c4c1[C@@H]([C@H](O)C(=O)O4)[C@](O)(C(=O)O)C(=O)O[C@@H]32)c1cc(O)c(O)c(O)c1. The standard InChI is InChI=1S/C40H28O28/c41-11-1-7(2-12(42)21(11)46)32(53)68-37-31-30-28(67-39(60)40(61,38(58)59)20-19-10(35(56)66-31)5-15(45)24(49)29(19)64-36(57)27(20)52)16(63-37)6-62-33(54)8-3-13(43)22(47)25(50)17(8)18-9(34(55)65-30)4-14(44)23(48)26(18)51/h1-5,16,20,27-28,30-31,37,41-52,61H,6H2,(H,58,59)/t16-,20+,27+,28-,30+,31-,37+,40+/m1/s1. The Morgan fingerprint density at radius 1 is 0.603 bits per heavy atom. The molecule has 4 aromatic rings. The van der Waals surface area contributed by atoms with E-state index in [1.165, 1.54) is 0 Å². The van der Waals surface area contributed by atoms with Crippen LogP contribution in [0.4, 0.5) is 0 Å². The van der Waals surface area contributed by atoms with Crippen molar-refractivity contribution in [2.75, 3.05) is 6.61 Å². The van der Waals surface area contributed by atoms with E-state index in [1.54, 1.807) is 0 Å². The van der Waals surface area contributed by atoms with Crippen LogP contribution in [0, 0.1) is 0 Å². The van der Waals surface area contributed by atoms with Gasteiger partial charge in [-0.2, -0.15) is 0 Å². The molecule has 0 unspecified atom stereocenters. The molecular formula is C40H28O28. The quantitative estimate of drug-likeness (QED) is 0.0374. The maximum atomic E-state index is 14.6. The average molecular weight is 957 g/mol. The van der Waals surface area contributed by atoms with E-state index in [1.807, 2.05) is 0 Å². The summed E-state index contributed by atoms with van der Waals surface area (Å²) in [5.74, 6) is -33.4. The molecule has 0 radical (unpaired) electrons. The van der Waals surface area contributed by atoms with Crippen molar-refractivity contribution in [1.29, 1.82) is 0 Å². The number of hydrogen-bond acceptors (Lipinski definition) is 27. The molecule has 4 heterocycles. The van der Waals surface area contributed by atoms with E-state index in [2.05, 4.69) is 0 Å². The lowest BCUT2D eigenvalue weighted by atomic mass is 9.74. The highest BCUT2D eigenvalue weighted by Crippen LogP contribution is 2.54. The van der Waals surface area contributed by atoms with E-state index < -0.39 is 205 Å². The number of aliphatic hydroxyl groups excluding tert-OH is 1. The number of carbonyl (C=O) groups excluding carboxylic acids is 6. The molecule has 1 fully saturated rings. The van der Waals surface area contributed by atoms with Crippen LogP contribution in [-0.2, 0) is 42.8 Å². The minimum atomic E-state index is -4.34. The van der Waals surface area contributed by atoms with Gasteiger partial charge in [-0.3, -0.25) is 0 Å².